The second kappa shape index (κ2) is 10.2. The van der Waals surface area contributed by atoms with Crippen LogP contribution in [0.25, 0.3) is 11.1 Å². The average Bonchev–Trinajstić information content (AvgIpc) is 3.56. The van der Waals surface area contributed by atoms with Crippen molar-refractivity contribution in [3.05, 3.63) is 57.9 Å². The fourth-order valence-corrected chi connectivity index (χ4v) is 4.30. The van der Waals surface area contributed by atoms with Gasteiger partial charge >= 0.3 is 12.1 Å². The first-order valence-electron chi connectivity index (χ1n) is 12.0. The van der Waals surface area contributed by atoms with Crippen molar-refractivity contribution in [3.63, 3.8) is 0 Å². The normalized spacial score (nSPS) is 14.5. The number of esters is 1. The lowest BCUT2D eigenvalue weighted by atomic mass is 9.82. The van der Waals surface area contributed by atoms with Gasteiger partial charge in [-0.3, -0.25) is 4.79 Å². The first-order valence-corrected chi connectivity index (χ1v) is 12.0. The number of aryl methyl sites for hydroxylation is 1. The van der Waals surface area contributed by atoms with E-state index >= 15 is 4.39 Å². The highest BCUT2D eigenvalue weighted by Gasteiger charge is 2.37. The molecule has 0 bridgehead atoms. The first-order chi connectivity index (χ1) is 15.9. The summed E-state index contributed by atoms with van der Waals surface area (Å²) in [6, 6.07) is 7.27. The fraction of sp³-hybridized carbons (Fsp3) is 0.500. The molecule has 1 fully saturated rings. The molecule has 6 heteroatoms. The van der Waals surface area contributed by atoms with E-state index in [9.17, 15) is 9.59 Å². The van der Waals surface area contributed by atoms with Gasteiger partial charge in [0.15, 0.2) is 0 Å². The van der Waals surface area contributed by atoms with E-state index in [0.29, 0.717) is 11.1 Å². The Morgan fingerprint density at radius 3 is 2.24 bits per heavy atom. The standard InChI is InChI=1S/C28H36FNO4/c1-8-33-22(31)15-21(30-27(32)34-28(5,6)7)25-24(20-13-14-20)23(17(3)18(4)26(25)29)19-11-9-16(2)10-12-19/h9-12,20-21H,8,13-15H2,1-7H3,(H,30,32). The summed E-state index contributed by atoms with van der Waals surface area (Å²) in [6.07, 6.45) is 0.997. The Kier molecular flexibility index (Phi) is 7.69. The van der Waals surface area contributed by atoms with Crippen LogP contribution in [0.1, 0.15) is 86.7 Å². The molecule has 1 amide bonds. The molecule has 5 nitrogen and oxygen atoms in total. The van der Waals surface area contributed by atoms with Gasteiger partial charge in [-0.25, -0.2) is 9.18 Å². The maximum absolute atomic E-state index is 16.0. The molecule has 1 atom stereocenters. The smallest absolute Gasteiger partial charge is 0.408 e. The van der Waals surface area contributed by atoms with Crippen molar-refractivity contribution in [3.8, 4) is 11.1 Å². The predicted molar refractivity (Wildman–Crippen MR) is 131 cm³/mol. The predicted octanol–water partition coefficient (Wildman–Crippen LogP) is 6.81. The highest BCUT2D eigenvalue weighted by atomic mass is 19.1. The minimum atomic E-state index is -0.909. The largest absolute Gasteiger partial charge is 0.466 e. The highest BCUT2D eigenvalue weighted by molar-refractivity contribution is 5.78. The van der Waals surface area contributed by atoms with Gasteiger partial charge in [0.1, 0.15) is 11.4 Å². The van der Waals surface area contributed by atoms with Gasteiger partial charge in [0.25, 0.3) is 0 Å². The van der Waals surface area contributed by atoms with E-state index in [1.165, 1.54) is 0 Å². The average molecular weight is 470 g/mol. The van der Waals surface area contributed by atoms with Crippen molar-refractivity contribution in [1.29, 1.82) is 0 Å². The summed E-state index contributed by atoms with van der Waals surface area (Å²) in [6.45, 7) is 12.9. The topological polar surface area (TPSA) is 64.6 Å². The van der Waals surface area contributed by atoms with Crippen LogP contribution in [0.3, 0.4) is 0 Å². The number of ether oxygens (including phenoxy) is 2. The number of benzene rings is 2. The number of hydrogen-bond acceptors (Lipinski definition) is 4. The van der Waals surface area contributed by atoms with Crippen molar-refractivity contribution < 1.29 is 23.5 Å². The number of halogens is 1. The molecule has 1 aliphatic carbocycles. The zero-order valence-electron chi connectivity index (χ0n) is 21.3. The maximum atomic E-state index is 16.0. The lowest BCUT2D eigenvalue weighted by Crippen LogP contribution is -2.37. The van der Waals surface area contributed by atoms with Crippen LogP contribution in [0.4, 0.5) is 9.18 Å². The molecule has 0 aromatic heterocycles. The van der Waals surface area contributed by atoms with Crippen LogP contribution < -0.4 is 5.32 Å². The molecule has 184 valence electrons. The summed E-state index contributed by atoms with van der Waals surface area (Å²) in [5, 5.41) is 2.78. The Morgan fingerprint density at radius 2 is 1.71 bits per heavy atom. The Morgan fingerprint density at radius 1 is 1.09 bits per heavy atom. The number of carbonyl (C=O) groups is 2. The van der Waals surface area contributed by atoms with Gasteiger partial charge in [0.05, 0.1) is 19.1 Å². The second-order valence-electron chi connectivity index (χ2n) is 10.1. The van der Waals surface area contributed by atoms with Crippen molar-refractivity contribution in [2.24, 2.45) is 0 Å². The second-order valence-corrected chi connectivity index (χ2v) is 10.1. The summed E-state index contributed by atoms with van der Waals surface area (Å²) in [5.41, 5.74) is 5.01. The zero-order valence-corrected chi connectivity index (χ0v) is 21.3. The molecule has 0 aliphatic heterocycles. The Hall–Kier alpha value is -2.89. The van der Waals surface area contributed by atoms with Gasteiger partial charge in [0.2, 0.25) is 0 Å². The van der Waals surface area contributed by atoms with E-state index < -0.39 is 23.7 Å². The Labute approximate surface area is 202 Å². The molecule has 2 aromatic carbocycles. The van der Waals surface area contributed by atoms with Gasteiger partial charge in [-0.15, -0.1) is 0 Å². The number of hydrogen-bond donors (Lipinski definition) is 1. The third-order valence-corrected chi connectivity index (χ3v) is 6.10. The van der Waals surface area contributed by atoms with Crippen molar-refractivity contribution in [1.82, 2.24) is 5.32 Å². The third kappa shape index (κ3) is 5.96. The van der Waals surface area contributed by atoms with Crippen LogP contribution in [0.2, 0.25) is 0 Å². The molecule has 1 saturated carbocycles. The molecule has 1 aliphatic rings. The van der Waals surface area contributed by atoms with Gasteiger partial charge in [-0.2, -0.15) is 0 Å². The van der Waals surface area contributed by atoms with Gasteiger partial charge in [-0.05, 0) is 95.0 Å². The van der Waals surface area contributed by atoms with Crippen LogP contribution in [-0.2, 0) is 14.3 Å². The van der Waals surface area contributed by atoms with Gasteiger partial charge < -0.3 is 14.8 Å². The highest BCUT2D eigenvalue weighted by Crippen LogP contribution is 2.50. The van der Waals surface area contributed by atoms with Crippen LogP contribution in [-0.4, -0.2) is 24.3 Å². The summed E-state index contributed by atoms with van der Waals surface area (Å²) in [4.78, 5) is 25.2. The van der Waals surface area contributed by atoms with E-state index in [4.69, 9.17) is 9.47 Å². The molecule has 0 saturated heterocycles. The van der Waals surface area contributed by atoms with E-state index in [2.05, 4.69) is 5.32 Å². The van der Waals surface area contributed by atoms with Crippen LogP contribution in [0, 0.1) is 26.6 Å². The molecular weight excluding hydrogens is 433 g/mol. The van der Waals surface area contributed by atoms with Crippen molar-refractivity contribution in [2.75, 3.05) is 6.61 Å². The number of amides is 1. The van der Waals surface area contributed by atoms with Crippen LogP contribution >= 0.6 is 0 Å². The lowest BCUT2D eigenvalue weighted by Gasteiger charge is -2.28. The number of rotatable bonds is 7. The fourth-order valence-electron chi connectivity index (χ4n) is 4.30. The monoisotopic (exact) mass is 469 g/mol. The van der Waals surface area contributed by atoms with E-state index in [-0.39, 0.29) is 24.8 Å². The van der Waals surface area contributed by atoms with E-state index in [1.807, 2.05) is 38.1 Å². The third-order valence-electron chi connectivity index (χ3n) is 6.10. The zero-order chi connectivity index (χ0) is 25.2. The molecule has 0 spiro atoms. The molecule has 2 aromatic rings. The summed E-state index contributed by atoms with van der Waals surface area (Å²) in [7, 11) is 0. The minimum absolute atomic E-state index is 0.172. The molecule has 1 N–H and O–H groups in total. The van der Waals surface area contributed by atoms with Gasteiger partial charge in [0, 0.05) is 5.56 Å². The van der Waals surface area contributed by atoms with E-state index in [1.54, 1.807) is 34.6 Å². The summed E-state index contributed by atoms with van der Waals surface area (Å²) >= 11 is 0. The van der Waals surface area contributed by atoms with Crippen LogP contribution in [0.5, 0.6) is 0 Å². The minimum Gasteiger partial charge on any atom is -0.466 e. The number of carbonyl (C=O) groups excluding carboxylic acids is 2. The molecule has 0 radical (unpaired) electrons. The Bertz CT molecular complexity index is 1070. The lowest BCUT2D eigenvalue weighted by molar-refractivity contribution is -0.143. The molecule has 0 heterocycles. The number of nitrogens with one attached hydrogen (secondary N) is 1. The van der Waals surface area contributed by atoms with Crippen molar-refractivity contribution in [2.45, 2.75) is 85.3 Å². The van der Waals surface area contributed by atoms with Crippen LogP contribution in [0.15, 0.2) is 24.3 Å². The molecule has 1 unspecified atom stereocenters. The van der Waals surface area contributed by atoms with Gasteiger partial charge in [-0.1, -0.05) is 29.8 Å². The molecule has 3 rings (SSSR count). The SMILES string of the molecule is CCOC(=O)CC(NC(=O)OC(C)(C)C)c1c(F)c(C)c(C)c(-c2ccc(C)cc2)c1C1CC1. The summed E-state index contributed by atoms with van der Waals surface area (Å²) < 4.78 is 26.6. The number of alkyl carbamates (subject to hydrolysis) is 1. The van der Waals surface area contributed by atoms with Crippen molar-refractivity contribution >= 4 is 12.1 Å². The van der Waals surface area contributed by atoms with E-state index in [0.717, 1.165) is 40.7 Å². The quantitative estimate of drug-likeness (QED) is 0.452. The Balaban J connectivity index is 2.20. The first kappa shape index (κ1) is 25.7. The maximum Gasteiger partial charge on any atom is 0.408 e. The summed E-state index contributed by atoms with van der Waals surface area (Å²) in [5.74, 6) is -0.717. The molecule has 34 heavy (non-hydrogen) atoms. The molecular formula is C28H36FNO4.